The Morgan fingerprint density at radius 3 is 2.68 bits per heavy atom. The van der Waals surface area contributed by atoms with Crippen molar-refractivity contribution in [3.05, 3.63) is 33.1 Å². The van der Waals surface area contributed by atoms with Crippen LogP contribution in [0.5, 0.6) is 0 Å². The number of nitrogens with one attached hydrogen (secondary N) is 1. The molecule has 0 amide bonds. The van der Waals surface area contributed by atoms with Crippen molar-refractivity contribution in [3.8, 4) is 0 Å². The van der Waals surface area contributed by atoms with Crippen LogP contribution < -0.4 is 11.2 Å². The van der Waals surface area contributed by atoms with Gasteiger partial charge in [0, 0.05) is 12.3 Å². The van der Waals surface area contributed by atoms with Gasteiger partial charge in [-0.25, -0.2) is 4.79 Å². The molecule has 22 heavy (non-hydrogen) atoms. The van der Waals surface area contributed by atoms with Crippen LogP contribution in [-0.2, 0) is 20.6 Å². The van der Waals surface area contributed by atoms with Gasteiger partial charge in [-0.3, -0.25) is 18.9 Å². The van der Waals surface area contributed by atoms with E-state index in [0.717, 1.165) is 4.57 Å². The van der Waals surface area contributed by atoms with Crippen LogP contribution in [0, 0.1) is 0 Å². The van der Waals surface area contributed by atoms with Crippen LogP contribution in [0.2, 0.25) is 0 Å². The second-order valence-corrected chi connectivity index (χ2v) is 6.70. The SMILES string of the molecule is CCOP(=O)(O)CC[C@@H](OCn1ccc(=O)[nH]c1=O)[C@H](C)O. The molecule has 0 saturated heterocycles. The lowest BCUT2D eigenvalue weighted by Crippen LogP contribution is -2.33. The van der Waals surface area contributed by atoms with Crippen LogP contribution >= 0.6 is 7.60 Å². The highest BCUT2D eigenvalue weighted by atomic mass is 31.2. The maximum atomic E-state index is 11.6. The molecule has 1 unspecified atom stereocenters. The van der Waals surface area contributed by atoms with Crippen molar-refractivity contribution >= 4 is 7.60 Å². The van der Waals surface area contributed by atoms with Gasteiger partial charge in [0.1, 0.15) is 6.73 Å². The van der Waals surface area contributed by atoms with Gasteiger partial charge < -0.3 is 19.3 Å². The van der Waals surface area contributed by atoms with Gasteiger partial charge in [-0.15, -0.1) is 0 Å². The van der Waals surface area contributed by atoms with Crippen molar-refractivity contribution in [1.82, 2.24) is 9.55 Å². The van der Waals surface area contributed by atoms with E-state index in [1.165, 1.54) is 19.2 Å². The van der Waals surface area contributed by atoms with E-state index in [4.69, 9.17) is 9.26 Å². The largest absolute Gasteiger partial charge is 0.391 e. The smallest absolute Gasteiger partial charge is 0.330 e. The molecular weight excluding hydrogens is 315 g/mol. The lowest BCUT2D eigenvalue weighted by Gasteiger charge is -2.22. The van der Waals surface area contributed by atoms with Crippen LogP contribution in [-0.4, -0.2) is 44.5 Å². The molecule has 0 saturated carbocycles. The molecule has 0 aliphatic heterocycles. The molecule has 10 heteroatoms. The Morgan fingerprint density at radius 2 is 2.14 bits per heavy atom. The van der Waals surface area contributed by atoms with Crippen LogP contribution in [0.1, 0.15) is 20.3 Å². The number of aliphatic hydroxyl groups excluding tert-OH is 1. The molecule has 126 valence electrons. The summed E-state index contributed by atoms with van der Waals surface area (Å²) in [5, 5.41) is 9.65. The highest BCUT2D eigenvalue weighted by Gasteiger charge is 2.24. The molecule has 1 aromatic heterocycles. The molecule has 0 aromatic carbocycles. The summed E-state index contributed by atoms with van der Waals surface area (Å²) in [5.74, 6) is 0. The monoisotopic (exact) mass is 336 g/mol. The first kappa shape index (κ1) is 18.8. The number of aromatic amines is 1. The van der Waals surface area contributed by atoms with Gasteiger partial charge in [-0.05, 0) is 20.3 Å². The van der Waals surface area contributed by atoms with E-state index in [9.17, 15) is 24.2 Å². The average molecular weight is 336 g/mol. The number of nitrogens with zero attached hydrogens (tertiary/aromatic N) is 1. The molecule has 1 aromatic rings. The molecular formula is C12H21N2O7P. The molecule has 1 rings (SSSR count). The zero-order valence-electron chi connectivity index (χ0n) is 12.5. The van der Waals surface area contributed by atoms with Crippen LogP contribution in [0.25, 0.3) is 0 Å². The summed E-state index contributed by atoms with van der Waals surface area (Å²) in [6.45, 7) is 2.99. The Morgan fingerprint density at radius 1 is 1.45 bits per heavy atom. The summed E-state index contributed by atoms with van der Waals surface area (Å²) in [6.07, 6.45) is -0.474. The quantitative estimate of drug-likeness (QED) is 0.535. The van der Waals surface area contributed by atoms with E-state index in [2.05, 4.69) is 4.98 Å². The predicted octanol–water partition coefficient (Wildman–Crippen LogP) is -0.128. The summed E-state index contributed by atoms with van der Waals surface area (Å²) in [6, 6.07) is 1.17. The normalized spacial score (nSPS) is 16.9. The second kappa shape index (κ2) is 8.40. The van der Waals surface area contributed by atoms with Gasteiger partial charge in [-0.2, -0.15) is 0 Å². The summed E-state index contributed by atoms with van der Waals surface area (Å²) >= 11 is 0. The van der Waals surface area contributed by atoms with Crippen molar-refractivity contribution in [1.29, 1.82) is 0 Å². The zero-order chi connectivity index (χ0) is 16.8. The van der Waals surface area contributed by atoms with Crippen molar-refractivity contribution in [2.75, 3.05) is 12.8 Å². The Kier molecular flexibility index (Phi) is 7.18. The molecule has 9 nitrogen and oxygen atoms in total. The first-order valence-electron chi connectivity index (χ1n) is 6.81. The molecule has 0 radical (unpaired) electrons. The van der Waals surface area contributed by atoms with Gasteiger partial charge in [0.15, 0.2) is 0 Å². The third kappa shape index (κ3) is 6.25. The van der Waals surface area contributed by atoms with Crippen LogP contribution in [0.15, 0.2) is 21.9 Å². The van der Waals surface area contributed by atoms with E-state index in [1.54, 1.807) is 6.92 Å². The maximum Gasteiger partial charge on any atom is 0.330 e. The van der Waals surface area contributed by atoms with E-state index < -0.39 is 31.1 Å². The summed E-state index contributed by atoms with van der Waals surface area (Å²) < 4.78 is 22.8. The van der Waals surface area contributed by atoms with Gasteiger partial charge in [0.05, 0.1) is 25.0 Å². The fourth-order valence-corrected chi connectivity index (χ4v) is 2.86. The Hall–Kier alpha value is -1.25. The van der Waals surface area contributed by atoms with Crippen LogP contribution in [0.4, 0.5) is 0 Å². The molecule has 3 atom stereocenters. The molecule has 0 aliphatic rings. The van der Waals surface area contributed by atoms with E-state index >= 15 is 0 Å². The molecule has 3 N–H and O–H groups in total. The average Bonchev–Trinajstić information content (AvgIpc) is 2.40. The number of ether oxygens (including phenoxy) is 1. The lowest BCUT2D eigenvalue weighted by molar-refractivity contribution is -0.0611. The number of rotatable bonds is 9. The van der Waals surface area contributed by atoms with E-state index in [-0.39, 0.29) is 25.9 Å². The fourth-order valence-electron chi connectivity index (χ4n) is 1.74. The maximum absolute atomic E-state index is 11.6. The standard InChI is InChI=1S/C12H21N2O7P/c1-3-21-22(18,19)7-5-10(9(2)15)20-8-14-6-4-11(16)13-12(14)17/h4,6,9-10,15H,3,5,7-8H2,1-2H3,(H,18,19)(H,13,16,17)/t9-,10+/m0/s1. The summed E-state index contributed by atoms with van der Waals surface area (Å²) in [7, 11) is -3.70. The van der Waals surface area contributed by atoms with Gasteiger partial charge >= 0.3 is 13.3 Å². The van der Waals surface area contributed by atoms with Crippen molar-refractivity contribution < 1.29 is 23.8 Å². The molecule has 0 fully saturated rings. The first-order chi connectivity index (χ1) is 10.2. The van der Waals surface area contributed by atoms with Crippen molar-refractivity contribution in [3.63, 3.8) is 0 Å². The molecule has 0 bridgehead atoms. The second-order valence-electron chi connectivity index (χ2n) is 4.72. The highest BCUT2D eigenvalue weighted by Crippen LogP contribution is 2.42. The van der Waals surface area contributed by atoms with Crippen molar-refractivity contribution in [2.45, 2.75) is 39.2 Å². The Bertz CT molecular complexity index is 624. The number of H-pyrrole nitrogens is 1. The third-order valence-electron chi connectivity index (χ3n) is 2.89. The minimum atomic E-state index is -3.70. The molecule has 1 heterocycles. The van der Waals surface area contributed by atoms with Crippen molar-refractivity contribution in [2.24, 2.45) is 0 Å². The first-order valence-corrected chi connectivity index (χ1v) is 8.57. The minimum Gasteiger partial charge on any atom is -0.391 e. The van der Waals surface area contributed by atoms with Crippen LogP contribution in [0.3, 0.4) is 0 Å². The predicted molar refractivity (Wildman–Crippen MR) is 78.8 cm³/mol. The van der Waals surface area contributed by atoms with Gasteiger partial charge in [-0.1, -0.05) is 0 Å². The number of hydrogen-bond acceptors (Lipinski definition) is 6. The number of aliphatic hydroxyl groups is 1. The Labute approximate surface area is 127 Å². The summed E-state index contributed by atoms with van der Waals surface area (Å²) in [4.78, 5) is 34.0. The lowest BCUT2D eigenvalue weighted by atomic mass is 10.2. The topological polar surface area (TPSA) is 131 Å². The minimum absolute atomic E-state index is 0.0869. The molecule has 0 aliphatic carbocycles. The summed E-state index contributed by atoms with van der Waals surface area (Å²) in [5.41, 5.74) is -1.16. The number of aromatic nitrogens is 2. The van der Waals surface area contributed by atoms with Gasteiger partial charge in [0.25, 0.3) is 5.56 Å². The molecule has 0 spiro atoms. The van der Waals surface area contributed by atoms with E-state index in [1.807, 2.05) is 0 Å². The van der Waals surface area contributed by atoms with E-state index in [0.29, 0.717) is 0 Å². The Balaban J connectivity index is 2.63. The number of hydrogen-bond donors (Lipinski definition) is 3. The zero-order valence-corrected chi connectivity index (χ0v) is 13.4. The highest BCUT2D eigenvalue weighted by molar-refractivity contribution is 7.52. The fraction of sp³-hybridized carbons (Fsp3) is 0.667. The van der Waals surface area contributed by atoms with Gasteiger partial charge in [0.2, 0.25) is 0 Å². The third-order valence-corrected chi connectivity index (χ3v) is 4.37.